The van der Waals surface area contributed by atoms with E-state index >= 15 is 0 Å². The number of rotatable bonds is 6. The molecule has 0 spiro atoms. The Balaban J connectivity index is 1.68. The highest BCUT2D eigenvalue weighted by molar-refractivity contribution is 5.34. The van der Waals surface area contributed by atoms with Crippen molar-refractivity contribution in [2.45, 2.75) is 43.9 Å². The first-order chi connectivity index (χ1) is 13.0. The minimum atomic E-state index is -0.955. The summed E-state index contributed by atoms with van der Waals surface area (Å²) in [5.74, 6) is -2.49. The van der Waals surface area contributed by atoms with Crippen molar-refractivity contribution in [1.29, 1.82) is 0 Å². The van der Waals surface area contributed by atoms with Crippen molar-refractivity contribution >= 4 is 0 Å². The Hall–Kier alpha value is -2.43. The van der Waals surface area contributed by atoms with Crippen LogP contribution in [-0.4, -0.2) is 11.7 Å². The van der Waals surface area contributed by atoms with Crippen LogP contribution in [0.25, 0.3) is 0 Å². The van der Waals surface area contributed by atoms with Gasteiger partial charge in [0.05, 0.1) is 6.61 Å². The Morgan fingerprint density at radius 1 is 0.963 bits per heavy atom. The van der Waals surface area contributed by atoms with E-state index in [-0.39, 0.29) is 29.9 Å². The van der Waals surface area contributed by atoms with E-state index in [1.807, 2.05) is 0 Å². The standard InChI is InChI=1S/C22H23F3O2/c1-2-3-12-27-20-11-10-18(21(24)22(20)25)15-6-4-14(5-7-15)17-9-8-16(26)13-19(17)23/h2,8-11,13-15,26H,1,3-7,12H2. The predicted octanol–water partition coefficient (Wildman–Crippen LogP) is 6.21. The van der Waals surface area contributed by atoms with Gasteiger partial charge in [-0.15, -0.1) is 6.58 Å². The van der Waals surface area contributed by atoms with Crippen molar-refractivity contribution in [2.24, 2.45) is 0 Å². The second kappa shape index (κ2) is 8.51. The molecule has 1 fully saturated rings. The summed E-state index contributed by atoms with van der Waals surface area (Å²) in [5.41, 5.74) is 0.928. The summed E-state index contributed by atoms with van der Waals surface area (Å²) in [4.78, 5) is 0. The maximum absolute atomic E-state index is 14.5. The van der Waals surface area contributed by atoms with Crippen molar-refractivity contribution < 1.29 is 23.0 Å². The normalized spacial score (nSPS) is 19.7. The third-order valence-electron chi connectivity index (χ3n) is 5.25. The van der Waals surface area contributed by atoms with E-state index in [0.717, 1.165) is 6.07 Å². The Bertz CT molecular complexity index is 811. The highest BCUT2D eigenvalue weighted by Crippen LogP contribution is 2.43. The first kappa shape index (κ1) is 19.3. The van der Waals surface area contributed by atoms with Crippen molar-refractivity contribution in [3.63, 3.8) is 0 Å². The number of aromatic hydroxyl groups is 1. The van der Waals surface area contributed by atoms with Gasteiger partial charge in [-0.1, -0.05) is 18.2 Å². The number of phenolic OH excluding ortho intramolecular Hbond substituents is 1. The van der Waals surface area contributed by atoms with Crippen molar-refractivity contribution in [3.8, 4) is 11.5 Å². The maximum Gasteiger partial charge on any atom is 0.200 e. The van der Waals surface area contributed by atoms with Crippen LogP contribution in [0.5, 0.6) is 11.5 Å². The lowest BCUT2D eigenvalue weighted by Crippen LogP contribution is -2.15. The van der Waals surface area contributed by atoms with Crippen molar-refractivity contribution in [1.82, 2.24) is 0 Å². The second-order valence-corrected chi connectivity index (χ2v) is 6.96. The summed E-state index contributed by atoms with van der Waals surface area (Å²) in [6.07, 6.45) is 4.88. The summed E-state index contributed by atoms with van der Waals surface area (Å²) in [6, 6.07) is 7.26. The fourth-order valence-corrected chi connectivity index (χ4v) is 3.79. The SMILES string of the molecule is C=CCCOc1ccc(C2CCC(c3ccc(O)cc3F)CC2)c(F)c1F. The van der Waals surface area contributed by atoms with Gasteiger partial charge in [-0.25, -0.2) is 8.78 Å². The minimum absolute atomic E-state index is 0.0243. The molecule has 144 valence electrons. The lowest BCUT2D eigenvalue weighted by molar-refractivity contribution is 0.299. The Morgan fingerprint density at radius 2 is 1.59 bits per heavy atom. The fraction of sp³-hybridized carbons (Fsp3) is 0.364. The van der Waals surface area contributed by atoms with Crippen LogP contribution >= 0.6 is 0 Å². The van der Waals surface area contributed by atoms with Gasteiger partial charge in [0.25, 0.3) is 0 Å². The van der Waals surface area contributed by atoms with Gasteiger partial charge in [0.15, 0.2) is 11.6 Å². The monoisotopic (exact) mass is 376 g/mol. The molecule has 0 amide bonds. The van der Waals surface area contributed by atoms with Crippen molar-refractivity contribution in [2.75, 3.05) is 6.61 Å². The molecule has 3 rings (SSSR count). The summed E-state index contributed by atoms with van der Waals surface area (Å²) in [6.45, 7) is 3.81. The highest BCUT2D eigenvalue weighted by Gasteiger charge is 2.28. The zero-order valence-corrected chi connectivity index (χ0v) is 15.1. The molecule has 2 aromatic rings. The Labute approximate surface area is 157 Å². The average Bonchev–Trinajstić information content (AvgIpc) is 2.66. The Kier molecular flexibility index (Phi) is 6.09. The van der Waals surface area contributed by atoms with Gasteiger partial charge in [0.1, 0.15) is 11.6 Å². The maximum atomic E-state index is 14.5. The van der Waals surface area contributed by atoms with Gasteiger partial charge in [0.2, 0.25) is 5.82 Å². The summed E-state index contributed by atoms with van der Waals surface area (Å²) < 4.78 is 48.1. The van der Waals surface area contributed by atoms with Gasteiger partial charge in [-0.3, -0.25) is 0 Å². The third-order valence-corrected chi connectivity index (χ3v) is 5.25. The molecule has 1 aliphatic carbocycles. The summed E-state index contributed by atoms with van der Waals surface area (Å²) in [5, 5.41) is 9.34. The minimum Gasteiger partial charge on any atom is -0.508 e. The van der Waals surface area contributed by atoms with Gasteiger partial charge in [-0.2, -0.15) is 4.39 Å². The first-order valence-corrected chi connectivity index (χ1v) is 9.21. The van der Waals surface area contributed by atoms with Crippen LogP contribution in [0.4, 0.5) is 13.2 Å². The van der Waals surface area contributed by atoms with E-state index in [9.17, 15) is 18.3 Å². The molecule has 0 heterocycles. The zero-order chi connectivity index (χ0) is 19.4. The topological polar surface area (TPSA) is 29.5 Å². The number of hydrogen-bond donors (Lipinski definition) is 1. The molecule has 5 heteroatoms. The molecule has 0 unspecified atom stereocenters. The predicted molar refractivity (Wildman–Crippen MR) is 98.7 cm³/mol. The quantitative estimate of drug-likeness (QED) is 0.480. The molecule has 0 atom stereocenters. The smallest absolute Gasteiger partial charge is 0.200 e. The van der Waals surface area contributed by atoms with Crippen LogP contribution in [0.15, 0.2) is 43.0 Å². The molecular formula is C22H23F3O2. The highest BCUT2D eigenvalue weighted by atomic mass is 19.2. The van der Waals surface area contributed by atoms with E-state index < -0.39 is 17.5 Å². The van der Waals surface area contributed by atoms with Gasteiger partial charge >= 0.3 is 0 Å². The van der Waals surface area contributed by atoms with Gasteiger partial charge < -0.3 is 9.84 Å². The molecule has 0 aliphatic heterocycles. The number of hydrogen-bond acceptors (Lipinski definition) is 2. The van der Waals surface area contributed by atoms with Crippen LogP contribution in [0.1, 0.15) is 55.1 Å². The summed E-state index contributed by atoms with van der Waals surface area (Å²) >= 11 is 0. The first-order valence-electron chi connectivity index (χ1n) is 9.21. The van der Waals surface area contributed by atoms with Crippen molar-refractivity contribution in [3.05, 3.63) is 71.6 Å². The van der Waals surface area contributed by atoms with E-state index in [0.29, 0.717) is 43.2 Å². The van der Waals surface area contributed by atoms with Crippen LogP contribution < -0.4 is 4.74 Å². The molecule has 0 saturated heterocycles. The largest absolute Gasteiger partial charge is 0.508 e. The molecular weight excluding hydrogens is 353 g/mol. The number of halogens is 3. The van der Waals surface area contributed by atoms with E-state index in [1.165, 1.54) is 12.1 Å². The van der Waals surface area contributed by atoms with Gasteiger partial charge in [0, 0.05) is 6.07 Å². The van der Waals surface area contributed by atoms with Crippen LogP contribution in [0.2, 0.25) is 0 Å². The second-order valence-electron chi connectivity index (χ2n) is 6.96. The molecule has 0 aromatic heterocycles. The molecule has 2 nitrogen and oxygen atoms in total. The zero-order valence-electron chi connectivity index (χ0n) is 15.1. The van der Waals surface area contributed by atoms with E-state index in [1.54, 1.807) is 18.2 Å². The molecule has 0 bridgehead atoms. The average molecular weight is 376 g/mol. The number of phenols is 1. The lowest BCUT2D eigenvalue weighted by Gasteiger charge is -2.29. The molecule has 1 aliphatic rings. The Morgan fingerprint density at radius 3 is 2.22 bits per heavy atom. The molecule has 0 radical (unpaired) electrons. The summed E-state index contributed by atoms with van der Waals surface area (Å²) in [7, 11) is 0. The fourth-order valence-electron chi connectivity index (χ4n) is 3.79. The third kappa shape index (κ3) is 4.29. The molecule has 2 aromatic carbocycles. The van der Waals surface area contributed by atoms with Crippen LogP contribution in [-0.2, 0) is 0 Å². The molecule has 1 N–H and O–H groups in total. The number of benzene rings is 2. The van der Waals surface area contributed by atoms with Crippen LogP contribution in [0.3, 0.4) is 0 Å². The van der Waals surface area contributed by atoms with Crippen LogP contribution in [0, 0.1) is 17.5 Å². The number of ether oxygens (including phenoxy) is 1. The van der Waals surface area contributed by atoms with E-state index in [2.05, 4.69) is 6.58 Å². The lowest BCUT2D eigenvalue weighted by atomic mass is 9.76. The molecule has 27 heavy (non-hydrogen) atoms. The van der Waals surface area contributed by atoms with E-state index in [4.69, 9.17) is 4.74 Å². The molecule has 1 saturated carbocycles. The van der Waals surface area contributed by atoms with Gasteiger partial charge in [-0.05, 0) is 67.2 Å².